The minimum absolute atomic E-state index is 0.00338. The normalized spacial score (nSPS) is 15.4. The van der Waals surface area contributed by atoms with Crippen molar-refractivity contribution in [2.45, 2.75) is 26.2 Å². The fourth-order valence-corrected chi connectivity index (χ4v) is 5.02. The van der Waals surface area contributed by atoms with E-state index >= 15 is 0 Å². The van der Waals surface area contributed by atoms with E-state index < -0.39 is 4.92 Å². The molecule has 0 radical (unpaired) electrons. The van der Waals surface area contributed by atoms with E-state index in [2.05, 4.69) is 15.4 Å². The molecule has 1 N–H and O–H groups in total. The van der Waals surface area contributed by atoms with Crippen molar-refractivity contribution in [1.82, 2.24) is 14.8 Å². The van der Waals surface area contributed by atoms with Gasteiger partial charge in [0.05, 0.1) is 27.4 Å². The standard InChI is InChI=1S/C22H19N5O4S/c1-3-31-15-7-8-17-18(10-15)32-22(23-17)26-21-20(12(2)25-26)16(11-19(28)24-21)13-5-4-6-14(9-13)27(29)30/h4-10,16H,3,11H2,1-2H3,(H,24,28)/t16-/m0/s1. The summed E-state index contributed by atoms with van der Waals surface area (Å²) in [6.07, 6.45) is 0.193. The molecule has 0 unspecified atom stereocenters. The second-order valence-corrected chi connectivity index (χ2v) is 8.48. The summed E-state index contributed by atoms with van der Waals surface area (Å²) >= 11 is 1.45. The number of aryl methyl sites for hydroxylation is 1. The number of fused-ring (bicyclic) bond motifs is 2. The summed E-state index contributed by atoms with van der Waals surface area (Å²) in [4.78, 5) is 28.1. The van der Waals surface area contributed by atoms with E-state index in [9.17, 15) is 14.9 Å². The van der Waals surface area contributed by atoms with Crippen LogP contribution >= 0.6 is 11.3 Å². The fourth-order valence-electron chi connectivity index (χ4n) is 4.07. The Labute approximate surface area is 186 Å². The highest BCUT2D eigenvalue weighted by atomic mass is 32.1. The lowest BCUT2D eigenvalue weighted by atomic mass is 9.85. The minimum atomic E-state index is -0.429. The molecule has 3 heterocycles. The third-order valence-corrected chi connectivity index (χ3v) is 6.42. The number of nitro groups is 1. The topological polar surface area (TPSA) is 112 Å². The van der Waals surface area contributed by atoms with Crippen LogP contribution in [0.25, 0.3) is 15.3 Å². The van der Waals surface area contributed by atoms with Gasteiger partial charge >= 0.3 is 0 Å². The molecule has 1 aliphatic rings. The molecule has 5 rings (SSSR count). The van der Waals surface area contributed by atoms with Gasteiger partial charge in [-0.25, -0.2) is 4.98 Å². The number of amides is 1. The Bertz CT molecular complexity index is 1380. The van der Waals surface area contributed by atoms with Crippen molar-refractivity contribution in [1.29, 1.82) is 0 Å². The summed E-state index contributed by atoms with van der Waals surface area (Å²) in [7, 11) is 0. The molecule has 162 valence electrons. The van der Waals surface area contributed by atoms with Crippen LogP contribution in [0.3, 0.4) is 0 Å². The van der Waals surface area contributed by atoms with Crippen LogP contribution in [0.15, 0.2) is 42.5 Å². The van der Waals surface area contributed by atoms with Gasteiger partial charge in [0, 0.05) is 30.0 Å². The molecule has 0 aliphatic carbocycles. The number of nitrogens with one attached hydrogen (secondary N) is 1. The highest BCUT2D eigenvalue weighted by Crippen LogP contribution is 2.41. The van der Waals surface area contributed by atoms with Gasteiger partial charge in [0.1, 0.15) is 11.6 Å². The Morgan fingerprint density at radius 1 is 1.31 bits per heavy atom. The average molecular weight is 449 g/mol. The maximum absolute atomic E-state index is 12.6. The van der Waals surface area contributed by atoms with Gasteiger partial charge in [-0.3, -0.25) is 14.9 Å². The Hall–Kier alpha value is -3.79. The van der Waals surface area contributed by atoms with E-state index in [-0.39, 0.29) is 23.9 Å². The SMILES string of the molecule is CCOc1ccc2nc(-n3nc(C)c4c3NC(=O)C[C@H]4c3cccc([N+](=O)[O-])c3)sc2c1. The van der Waals surface area contributed by atoms with Crippen LogP contribution in [0.1, 0.15) is 36.1 Å². The van der Waals surface area contributed by atoms with Gasteiger partial charge < -0.3 is 10.1 Å². The monoisotopic (exact) mass is 449 g/mol. The van der Waals surface area contributed by atoms with Gasteiger partial charge in [-0.15, -0.1) is 0 Å². The molecule has 2 aromatic carbocycles. The fraction of sp³-hybridized carbons (Fsp3) is 0.227. The van der Waals surface area contributed by atoms with Crippen molar-refractivity contribution < 1.29 is 14.5 Å². The van der Waals surface area contributed by atoms with Crippen molar-refractivity contribution in [3.63, 3.8) is 0 Å². The molecule has 1 atom stereocenters. The van der Waals surface area contributed by atoms with E-state index in [1.807, 2.05) is 38.1 Å². The Morgan fingerprint density at radius 3 is 2.94 bits per heavy atom. The Balaban J connectivity index is 1.61. The minimum Gasteiger partial charge on any atom is -0.494 e. The van der Waals surface area contributed by atoms with E-state index in [1.165, 1.54) is 23.5 Å². The van der Waals surface area contributed by atoms with Gasteiger partial charge in [0.2, 0.25) is 11.0 Å². The summed E-state index contributed by atoms with van der Waals surface area (Å²) in [5.41, 5.74) is 3.11. The van der Waals surface area contributed by atoms with Gasteiger partial charge in [0.15, 0.2) is 0 Å². The molecule has 2 aromatic heterocycles. The predicted molar refractivity (Wildman–Crippen MR) is 121 cm³/mol. The molecule has 0 saturated carbocycles. The molecule has 0 saturated heterocycles. The summed E-state index contributed by atoms with van der Waals surface area (Å²) < 4.78 is 8.18. The first-order valence-electron chi connectivity index (χ1n) is 10.1. The second kappa shape index (κ2) is 7.72. The number of non-ortho nitro benzene ring substituents is 1. The largest absolute Gasteiger partial charge is 0.494 e. The molecular weight excluding hydrogens is 430 g/mol. The number of nitro benzene ring substituents is 1. The molecule has 4 aromatic rings. The number of carbonyl (C=O) groups is 1. The molecule has 0 spiro atoms. The smallest absolute Gasteiger partial charge is 0.269 e. The Kier molecular flexibility index (Phi) is 4.86. The quantitative estimate of drug-likeness (QED) is 0.353. The number of benzene rings is 2. The van der Waals surface area contributed by atoms with E-state index in [1.54, 1.807) is 10.7 Å². The summed E-state index contributed by atoms with van der Waals surface area (Å²) in [5.74, 6) is 0.827. The number of rotatable bonds is 5. The first-order valence-corrected chi connectivity index (χ1v) is 10.9. The first-order chi connectivity index (χ1) is 15.4. The van der Waals surface area contributed by atoms with E-state index in [4.69, 9.17) is 4.74 Å². The highest BCUT2D eigenvalue weighted by Gasteiger charge is 2.33. The molecule has 0 fully saturated rings. The summed E-state index contributed by atoms with van der Waals surface area (Å²) in [5, 5.41) is 19.5. The zero-order valence-electron chi connectivity index (χ0n) is 17.4. The number of ether oxygens (including phenoxy) is 1. The van der Waals surface area contributed by atoms with Crippen LogP contribution in [-0.4, -0.2) is 32.2 Å². The van der Waals surface area contributed by atoms with Crippen LogP contribution in [0.2, 0.25) is 0 Å². The molecule has 32 heavy (non-hydrogen) atoms. The van der Waals surface area contributed by atoms with Gasteiger partial charge in [0.25, 0.3) is 5.69 Å². The van der Waals surface area contributed by atoms with E-state index in [0.717, 1.165) is 27.2 Å². The van der Waals surface area contributed by atoms with Crippen molar-refractivity contribution in [2.75, 3.05) is 11.9 Å². The molecule has 10 heteroatoms. The van der Waals surface area contributed by atoms with Crippen molar-refractivity contribution >= 4 is 39.0 Å². The summed E-state index contributed by atoms with van der Waals surface area (Å²) in [6, 6.07) is 12.1. The van der Waals surface area contributed by atoms with Crippen LogP contribution in [0, 0.1) is 17.0 Å². The van der Waals surface area contributed by atoms with Crippen LogP contribution in [0.5, 0.6) is 5.75 Å². The zero-order chi connectivity index (χ0) is 22.4. The van der Waals surface area contributed by atoms with Crippen LogP contribution in [-0.2, 0) is 4.79 Å². The lowest BCUT2D eigenvalue weighted by Gasteiger charge is -2.24. The number of thiazole rings is 1. The predicted octanol–water partition coefficient (Wildman–Crippen LogP) is 4.57. The molecular formula is C22H19N5O4S. The van der Waals surface area contributed by atoms with Crippen LogP contribution < -0.4 is 10.1 Å². The molecule has 0 bridgehead atoms. The number of aromatic nitrogens is 3. The summed E-state index contributed by atoms with van der Waals surface area (Å²) in [6.45, 7) is 4.38. The maximum atomic E-state index is 12.6. The number of anilines is 1. The number of carbonyl (C=O) groups excluding carboxylic acids is 1. The lowest BCUT2D eigenvalue weighted by Crippen LogP contribution is -2.25. The van der Waals surface area contributed by atoms with Gasteiger partial charge in [-0.05, 0) is 37.6 Å². The van der Waals surface area contributed by atoms with Gasteiger partial charge in [-0.2, -0.15) is 9.78 Å². The third kappa shape index (κ3) is 3.38. The Morgan fingerprint density at radius 2 is 2.16 bits per heavy atom. The van der Waals surface area contributed by atoms with Crippen molar-refractivity contribution in [3.8, 4) is 10.9 Å². The second-order valence-electron chi connectivity index (χ2n) is 7.48. The van der Waals surface area contributed by atoms with Crippen molar-refractivity contribution in [2.24, 2.45) is 0 Å². The first kappa shape index (κ1) is 20.1. The number of hydrogen-bond acceptors (Lipinski definition) is 7. The molecule has 9 nitrogen and oxygen atoms in total. The molecule has 1 amide bonds. The highest BCUT2D eigenvalue weighted by molar-refractivity contribution is 7.20. The number of hydrogen-bond donors (Lipinski definition) is 1. The van der Waals surface area contributed by atoms with E-state index in [0.29, 0.717) is 23.1 Å². The zero-order valence-corrected chi connectivity index (χ0v) is 18.2. The molecule has 1 aliphatic heterocycles. The maximum Gasteiger partial charge on any atom is 0.269 e. The van der Waals surface area contributed by atoms with Gasteiger partial charge in [-0.1, -0.05) is 23.5 Å². The third-order valence-electron chi connectivity index (χ3n) is 5.43. The number of nitrogens with zero attached hydrogens (tertiary/aromatic N) is 4. The van der Waals surface area contributed by atoms with Crippen molar-refractivity contribution in [3.05, 3.63) is 69.4 Å². The van der Waals surface area contributed by atoms with Crippen LogP contribution in [0.4, 0.5) is 11.5 Å². The average Bonchev–Trinajstić information content (AvgIpc) is 3.34. The lowest BCUT2D eigenvalue weighted by molar-refractivity contribution is -0.384.